The number of nitrogens with zero attached hydrogens (tertiary/aromatic N) is 1. The molecule has 3 amide bonds. The molecule has 2 N–H and O–H groups in total. The van der Waals surface area contributed by atoms with Crippen molar-refractivity contribution >= 4 is 34.4 Å². The molecule has 0 heterocycles. The Morgan fingerprint density at radius 1 is 1.03 bits per heavy atom. The van der Waals surface area contributed by atoms with E-state index < -0.39 is 17.7 Å². The third-order valence-corrected chi connectivity index (χ3v) is 6.48. The van der Waals surface area contributed by atoms with Gasteiger partial charge in [0.2, 0.25) is 5.91 Å². The van der Waals surface area contributed by atoms with Crippen molar-refractivity contribution in [2.45, 2.75) is 57.7 Å². The Morgan fingerprint density at radius 2 is 1.71 bits per heavy atom. The van der Waals surface area contributed by atoms with E-state index >= 15 is 0 Å². The second-order valence-corrected chi connectivity index (χ2v) is 10.5. The summed E-state index contributed by atoms with van der Waals surface area (Å²) in [5, 5.41) is 7.61. The first-order chi connectivity index (χ1) is 18.1. The molecule has 38 heavy (non-hydrogen) atoms. The van der Waals surface area contributed by atoms with Gasteiger partial charge >= 0.3 is 6.09 Å². The number of amides is 3. The van der Waals surface area contributed by atoms with Gasteiger partial charge in [0.05, 0.1) is 0 Å². The normalized spacial score (nSPS) is 14.1. The SMILES string of the molecule is C#Cc1ccc(C(C(=O)Nc2ccc3ccccc3c2)N(C(=O)CNC(=O)OC(C)(C)C)C2CCC2)cc1. The van der Waals surface area contributed by atoms with E-state index in [-0.39, 0.29) is 24.4 Å². The first-order valence-electron chi connectivity index (χ1n) is 12.8. The van der Waals surface area contributed by atoms with Crippen molar-refractivity contribution in [2.75, 3.05) is 11.9 Å². The van der Waals surface area contributed by atoms with Crippen LogP contribution in [-0.4, -0.2) is 41.0 Å². The van der Waals surface area contributed by atoms with E-state index in [0.29, 0.717) is 16.8 Å². The van der Waals surface area contributed by atoms with Crippen molar-refractivity contribution in [2.24, 2.45) is 0 Å². The van der Waals surface area contributed by atoms with Crippen LogP contribution in [0.5, 0.6) is 0 Å². The van der Waals surface area contributed by atoms with Crippen molar-refractivity contribution in [3.63, 3.8) is 0 Å². The van der Waals surface area contributed by atoms with Crippen LogP contribution >= 0.6 is 0 Å². The summed E-state index contributed by atoms with van der Waals surface area (Å²) in [6.45, 7) is 4.97. The third kappa shape index (κ3) is 6.51. The highest BCUT2D eigenvalue weighted by atomic mass is 16.6. The summed E-state index contributed by atoms with van der Waals surface area (Å²) in [5.74, 6) is 1.88. The topological polar surface area (TPSA) is 87.7 Å². The van der Waals surface area contributed by atoms with Gasteiger partial charge in [-0.25, -0.2) is 4.79 Å². The lowest BCUT2D eigenvalue weighted by atomic mass is 9.88. The van der Waals surface area contributed by atoms with Crippen molar-refractivity contribution < 1.29 is 19.1 Å². The lowest BCUT2D eigenvalue weighted by Gasteiger charge is -2.42. The Hall–Kier alpha value is -4.31. The first kappa shape index (κ1) is 26.7. The molecule has 7 nitrogen and oxygen atoms in total. The summed E-state index contributed by atoms with van der Waals surface area (Å²) in [6, 6.07) is 19.6. The fourth-order valence-corrected chi connectivity index (χ4v) is 4.45. The molecule has 1 aliphatic rings. The van der Waals surface area contributed by atoms with Gasteiger partial charge in [-0.2, -0.15) is 0 Å². The highest BCUT2D eigenvalue weighted by molar-refractivity contribution is 6.00. The minimum Gasteiger partial charge on any atom is -0.444 e. The zero-order valence-corrected chi connectivity index (χ0v) is 22.0. The van der Waals surface area contributed by atoms with Crippen molar-refractivity contribution in [3.05, 3.63) is 77.9 Å². The van der Waals surface area contributed by atoms with Gasteiger partial charge in [-0.15, -0.1) is 6.42 Å². The predicted molar refractivity (Wildman–Crippen MR) is 148 cm³/mol. The number of alkyl carbamates (subject to hydrolysis) is 1. The maximum Gasteiger partial charge on any atom is 0.408 e. The number of terminal acetylenes is 1. The van der Waals surface area contributed by atoms with Crippen LogP contribution in [0, 0.1) is 12.3 Å². The number of hydrogen-bond acceptors (Lipinski definition) is 4. The number of anilines is 1. The molecule has 1 aliphatic carbocycles. The lowest BCUT2D eigenvalue weighted by molar-refractivity contribution is -0.143. The van der Waals surface area contributed by atoms with Gasteiger partial charge in [0.15, 0.2) is 0 Å². The first-order valence-corrected chi connectivity index (χ1v) is 12.8. The number of hydrogen-bond donors (Lipinski definition) is 2. The molecule has 1 fully saturated rings. The van der Waals surface area contributed by atoms with Gasteiger partial charge in [-0.1, -0.05) is 48.4 Å². The molecule has 4 rings (SSSR count). The van der Waals surface area contributed by atoms with Gasteiger partial charge in [0.25, 0.3) is 5.91 Å². The minimum atomic E-state index is -0.911. The number of carbonyl (C=O) groups excluding carboxylic acids is 3. The zero-order chi connectivity index (χ0) is 27.3. The minimum absolute atomic E-state index is 0.123. The number of carbonyl (C=O) groups is 3. The third-order valence-electron chi connectivity index (χ3n) is 6.48. The number of benzene rings is 3. The molecule has 1 atom stereocenters. The van der Waals surface area contributed by atoms with Crippen LogP contribution in [0.1, 0.15) is 57.2 Å². The summed E-state index contributed by atoms with van der Waals surface area (Å²) in [7, 11) is 0. The maximum atomic E-state index is 13.9. The van der Waals surface area contributed by atoms with E-state index in [4.69, 9.17) is 11.2 Å². The molecule has 196 valence electrons. The Morgan fingerprint density at radius 3 is 2.32 bits per heavy atom. The van der Waals surface area contributed by atoms with E-state index in [1.807, 2.05) is 42.5 Å². The molecule has 0 saturated heterocycles. The Labute approximate surface area is 223 Å². The number of ether oxygens (including phenoxy) is 1. The van der Waals surface area contributed by atoms with Gasteiger partial charge in [0.1, 0.15) is 18.2 Å². The molecule has 3 aromatic rings. The van der Waals surface area contributed by atoms with Gasteiger partial charge in [-0.05, 0) is 80.6 Å². The van der Waals surface area contributed by atoms with Gasteiger partial charge < -0.3 is 20.3 Å². The molecule has 0 radical (unpaired) electrons. The zero-order valence-electron chi connectivity index (χ0n) is 22.0. The summed E-state index contributed by atoms with van der Waals surface area (Å²) in [4.78, 5) is 41.3. The molecule has 0 bridgehead atoms. The monoisotopic (exact) mass is 511 g/mol. The Kier molecular flexibility index (Phi) is 8.02. The molecule has 0 aliphatic heterocycles. The van der Waals surface area contributed by atoms with E-state index in [9.17, 15) is 14.4 Å². The summed E-state index contributed by atoms with van der Waals surface area (Å²) in [6.07, 6.45) is 7.37. The quantitative estimate of drug-likeness (QED) is 0.416. The summed E-state index contributed by atoms with van der Waals surface area (Å²) in [5.41, 5.74) is 1.25. The van der Waals surface area contributed by atoms with Crippen molar-refractivity contribution in [1.29, 1.82) is 0 Å². The van der Waals surface area contributed by atoms with Crippen LogP contribution in [0.3, 0.4) is 0 Å². The molecule has 3 aromatic carbocycles. The van der Waals surface area contributed by atoms with E-state index in [0.717, 1.165) is 30.0 Å². The molecule has 1 unspecified atom stereocenters. The van der Waals surface area contributed by atoms with Crippen LogP contribution in [0.15, 0.2) is 66.7 Å². The van der Waals surface area contributed by atoms with Crippen LogP contribution in [0.25, 0.3) is 10.8 Å². The van der Waals surface area contributed by atoms with Gasteiger partial charge in [-0.3, -0.25) is 9.59 Å². The van der Waals surface area contributed by atoms with Crippen LogP contribution in [-0.2, 0) is 14.3 Å². The molecule has 0 aromatic heterocycles. The van der Waals surface area contributed by atoms with Crippen molar-refractivity contribution in [1.82, 2.24) is 10.2 Å². The highest BCUT2D eigenvalue weighted by Crippen LogP contribution is 2.34. The summed E-state index contributed by atoms with van der Waals surface area (Å²) < 4.78 is 5.28. The number of rotatable bonds is 7. The predicted octanol–water partition coefficient (Wildman–Crippen LogP) is 5.41. The second-order valence-electron chi connectivity index (χ2n) is 10.5. The molecular formula is C31H33N3O4. The lowest BCUT2D eigenvalue weighted by Crippen LogP contribution is -2.53. The smallest absolute Gasteiger partial charge is 0.408 e. The molecule has 0 spiro atoms. The fourth-order valence-electron chi connectivity index (χ4n) is 4.45. The average Bonchev–Trinajstić information content (AvgIpc) is 2.85. The maximum absolute atomic E-state index is 13.9. The standard InChI is InChI=1S/C31H33N3O4/c1-5-21-13-15-23(16-14-21)28(29(36)33-25-18-17-22-9-6-7-10-24(22)19-25)34(26-11-8-12-26)27(35)20-32-30(37)38-31(2,3)4/h1,6-7,9-10,13-19,26,28H,8,11-12,20H2,2-4H3,(H,32,37)(H,33,36). The van der Waals surface area contributed by atoms with Crippen LogP contribution in [0.4, 0.5) is 10.5 Å². The fraction of sp³-hybridized carbons (Fsp3) is 0.323. The Bertz CT molecular complexity index is 1360. The summed E-state index contributed by atoms with van der Waals surface area (Å²) >= 11 is 0. The molecule has 1 saturated carbocycles. The average molecular weight is 512 g/mol. The van der Waals surface area contributed by atoms with Crippen LogP contribution in [0.2, 0.25) is 0 Å². The Balaban J connectivity index is 1.63. The van der Waals surface area contributed by atoms with Crippen LogP contribution < -0.4 is 10.6 Å². The molecular weight excluding hydrogens is 478 g/mol. The highest BCUT2D eigenvalue weighted by Gasteiger charge is 2.39. The van der Waals surface area contributed by atoms with E-state index in [1.54, 1.807) is 49.9 Å². The molecule has 7 heteroatoms. The van der Waals surface area contributed by atoms with E-state index in [2.05, 4.69) is 16.6 Å². The second kappa shape index (κ2) is 11.4. The number of fused-ring (bicyclic) bond motifs is 1. The number of nitrogens with one attached hydrogen (secondary N) is 2. The van der Waals surface area contributed by atoms with E-state index in [1.165, 1.54) is 0 Å². The van der Waals surface area contributed by atoms with Gasteiger partial charge in [0, 0.05) is 17.3 Å². The largest absolute Gasteiger partial charge is 0.444 e. The van der Waals surface area contributed by atoms with Crippen molar-refractivity contribution in [3.8, 4) is 12.3 Å².